The lowest BCUT2D eigenvalue weighted by Gasteiger charge is -2.39. The number of aliphatic hydroxyl groups excluding tert-OH is 1. The van der Waals surface area contributed by atoms with Crippen molar-refractivity contribution in [1.29, 1.82) is 0 Å². The van der Waals surface area contributed by atoms with Crippen molar-refractivity contribution in [2.75, 3.05) is 0 Å². The standard InChI is InChI=1S/C20H30O/c1-14(2)18-11-10-15(3)12-19(18)20(21)13-16(4)17-8-6-5-7-9-17/h5-9,13-15,18-21H,10-12H2,1-4H3/b16-13+/t15-,18+,19-,20-/m1/s1. The zero-order chi connectivity index (χ0) is 15.4. The molecule has 0 unspecified atom stereocenters. The summed E-state index contributed by atoms with van der Waals surface area (Å²) in [6.07, 6.45) is 5.49. The van der Waals surface area contributed by atoms with Gasteiger partial charge in [0.1, 0.15) is 0 Å². The van der Waals surface area contributed by atoms with Crippen LogP contribution in [0.2, 0.25) is 0 Å². The highest BCUT2D eigenvalue weighted by molar-refractivity contribution is 5.63. The van der Waals surface area contributed by atoms with Gasteiger partial charge in [-0.2, -0.15) is 0 Å². The third-order valence-corrected chi connectivity index (χ3v) is 5.16. The highest BCUT2D eigenvalue weighted by Crippen LogP contribution is 2.40. The molecule has 0 radical (unpaired) electrons. The number of allylic oxidation sites excluding steroid dienone is 1. The normalized spacial score (nSPS) is 28.7. The Balaban J connectivity index is 2.14. The lowest BCUT2D eigenvalue weighted by Crippen LogP contribution is -2.35. The van der Waals surface area contributed by atoms with Crippen molar-refractivity contribution >= 4 is 5.57 Å². The molecule has 2 rings (SSSR count). The van der Waals surface area contributed by atoms with Gasteiger partial charge in [0.25, 0.3) is 0 Å². The zero-order valence-electron chi connectivity index (χ0n) is 13.9. The second-order valence-electron chi connectivity index (χ2n) is 7.20. The molecule has 0 amide bonds. The van der Waals surface area contributed by atoms with Crippen molar-refractivity contribution in [2.24, 2.45) is 23.7 Å². The summed E-state index contributed by atoms with van der Waals surface area (Å²) in [6, 6.07) is 10.4. The van der Waals surface area contributed by atoms with Crippen LogP contribution in [0.1, 0.15) is 52.5 Å². The predicted octanol–water partition coefficient (Wildman–Crippen LogP) is 5.16. The average Bonchev–Trinajstić information content (AvgIpc) is 2.47. The molecule has 116 valence electrons. The molecule has 0 aromatic heterocycles. The molecule has 1 aliphatic rings. The van der Waals surface area contributed by atoms with E-state index < -0.39 is 0 Å². The van der Waals surface area contributed by atoms with E-state index in [1.165, 1.54) is 24.0 Å². The lowest BCUT2D eigenvalue weighted by atomic mass is 9.68. The first-order valence-electron chi connectivity index (χ1n) is 8.41. The lowest BCUT2D eigenvalue weighted by molar-refractivity contribution is 0.0429. The van der Waals surface area contributed by atoms with Gasteiger partial charge in [-0.05, 0) is 54.6 Å². The quantitative estimate of drug-likeness (QED) is 0.810. The van der Waals surface area contributed by atoms with E-state index in [0.29, 0.717) is 17.8 Å². The first kappa shape index (κ1) is 16.3. The van der Waals surface area contributed by atoms with Crippen LogP contribution in [0.5, 0.6) is 0 Å². The molecule has 1 saturated carbocycles. The Kier molecular flexibility index (Phi) is 5.64. The van der Waals surface area contributed by atoms with Crippen molar-refractivity contribution in [3.8, 4) is 0 Å². The van der Waals surface area contributed by atoms with Crippen LogP contribution >= 0.6 is 0 Å². The topological polar surface area (TPSA) is 20.2 Å². The molecule has 1 aliphatic carbocycles. The van der Waals surface area contributed by atoms with Crippen molar-refractivity contribution in [3.05, 3.63) is 42.0 Å². The van der Waals surface area contributed by atoms with Crippen molar-refractivity contribution in [1.82, 2.24) is 0 Å². The number of rotatable bonds is 4. The van der Waals surface area contributed by atoms with E-state index in [1.54, 1.807) is 0 Å². The molecule has 0 saturated heterocycles. The molecule has 1 nitrogen and oxygen atoms in total. The largest absolute Gasteiger partial charge is 0.389 e. The highest BCUT2D eigenvalue weighted by Gasteiger charge is 2.34. The molecule has 1 aromatic rings. The van der Waals surface area contributed by atoms with Crippen molar-refractivity contribution in [3.63, 3.8) is 0 Å². The molecule has 1 heteroatoms. The summed E-state index contributed by atoms with van der Waals surface area (Å²) in [6.45, 7) is 9.03. The van der Waals surface area contributed by atoms with Gasteiger partial charge in [0.15, 0.2) is 0 Å². The van der Waals surface area contributed by atoms with Crippen LogP contribution in [0.3, 0.4) is 0 Å². The third kappa shape index (κ3) is 4.20. The fourth-order valence-corrected chi connectivity index (χ4v) is 3.85. The van der Waals surface area contributed by atoms with Gasteiger partial charge >= 0.3 is 0 Å². The summed E-state index contributed by atoms with van der Waals surface area (Å²) >= 11 is 0. The summed E-state index contributed by atoms with van der Waals surface area (Å²) in [5.41, 5.74) is 2.39. The van der Waals surface area contributed by atoms with Crippen LogP contribution in [0, 0.1) is 23.7 Å². The van der Waals surface area contributed by atoms with Gasteiger partial charge in [0.05, 0.1) is 6.10 Å². The minimum Gasteiger partial charge on any atom is -0.389 e. The molecule has 0 spiro atoms. The summed E-state index contributed by atoms with van der Waals surface area (Å²) in [5, 5.41) is 10.8. The smallest absolute Gasteiger partial charge is 0.0757 e. The van der Waals surface area contributed by atoms with E-state index >= 15 is 0 Å². The number of benzene rings is 1. The van der Waals surface area contributed by atoms with Gasteiger partial charge in [0, 0.05) is 0 Å². The maximum atomic E-state index is 10.8. The number of hydrogen-bond donors (Lipinski definition) is 1. The molecule has 1 fully saturated rings. The minimum atomic E-state index is -0.319. The van der Waals surface area contributed by atoms with Crippen LogP contribution in [0.15, 0.2) is 36.4 Å². The Morgan fingerprint density at radius 2 is 1.81 bits per heavy atom. The van der Waals surface area contributed by atoms with Crippen LogP contribution in [0.4, 0.5) is 0 Å². The molecular weight excluding hydrogens is 256 g/mol. The van der Waals surface area contributed by atoms with Crippen LogP contribution in [0.25, 0.3) is 5.57 Å². The van der Waals surface area contributed by atoms with Gasteiger partial charge in [-0.3, -0.25) is 0 Å². The molecule has 0 bridgehead atoms. The SMILES string of the molecule is C/C(=C\[C@@H](O)[C@@H]1C[C@H](C)CC[C@H]1C(C)C)c1ccccc1. The van der Waals surface area contributed by atoms with Gasteiger partial charge in [0.2, 0.25) is 0 Å². The first-order chi connectivity index (χ1) is 9.99. The van der Waals surface area contributed by atoms with Crippen LogP contribution in [-0.2, 0) is 0 Å². The Morgan fingerprint density at radius 1 is 1.14 bits per heavy atom. The molecule has 21 heavy (non-hydrogen) atoms. The van der Waals surface area contributed by atoms with E-state index in [-0.39, 0.29) is 6.10 Å². The molecule has 0 aliphatic heterocycles. The van der Waals surface area contributed by atoms with E-state index in [0.717, 1.165) is 12.3 Å². The fraction of sp³-hybridized carbons (Fsp3) is 0.600. The van der Waals surface area contributed by atoms with Crippen molar-refractivity contribution in [2.45, 2.75) is 53.1 Å². The summed E-state index contributed by atoms with van der Waals surface area (Å²) < 4.78 is 0. The monoisotopic (exact) mass is 286 g/mol. The predicted molar refractivity (Wildman–Crippen MR) is 90.9 cm³/mol. The zero-order valence-corrected chi connectivity index (χ0v) is 13.9. The Labute approximate surface area is 130 Å². The maximum absolute atomic E-state index is 10.8. The highest BCUT2D eigenvalue weighted by atomic mass is 16.3. The second kappa shape index (κ2) is 7.26. The number of aliphatic hydroxyl groups is 1. The maximum Gasteiger partial charge on any atom is 0.0757 e. The van der Waals surface area contributed by atoms with Gasteiger partial charge in [-0.25, -0.2) is 0 Å². The Bertz CT molecular complexity index is 460. The average molecular weight is 286 g/mol. The van der Waals surface area contributed by atoms with Gasteiger partial charge in [-0.1, -0.05) is 63.6 Å². The summed E-state index contributed by atoms with van der Waals surface area (Å²) in [5.74, 6) is 2.45. The third-order valence-electron chi connectivity index (χ3n) is 5.16. The van der Waals surface area contributed by atoms with E-state index in [2.05, 4.69) is 58.0 Å². The van der Waals surface area contributed by atoms with Gasteiger partial charge in [-0.15, -0.1) is 0 Å². The van der Waals surface area contributed by atoms with Crippen molar-refractivity contribution < 1.29 is 5.11 Å². The molecule has 1 aromatic carbocycles. The molecule has 1 N–H and O–H groups in total. The number of hydrogen-bond acceptors (Lipinski definition) is 1. The van der Waals surface area contributed by atoms with E-state index in [4.69, 9.17) is 0 Å². The first-order valence-corrected chi connectivity index (χ1v) is 8.41. The van der Waals surface area contributed by atoms with E-state index in [9.17, 15) is 5.11 Å². The van der Waals surface area contributed by atoms with Crippen LogP contribution < -0.4 is 0 Å². The van der Waals surface area contributed by atoms with E-state index in [1.807, 2.05) is 6.07 Å². The summed E-state index contributed by atoms with van der Waals surface area (Å²) in [4.78, 5) is 0. The second-order valence-corrected chi connectivity index (χ2v) is 7.20. The minimum absolute atomic E-state index is 0.319. The summed E-state index contributed by atoms with van der Waals surface area (Å²) in [7, 11) is 0. The molecular formula is C20H30O. The van der Waals surface area contributed by atoms with Crippen LogP contribution in [-0.4, -0.2) is 11.2 Å². The van der Waals surface area contributed by atoms with Gasteiger partial charge < -0.3 is 5.11 Å². The Hall–Kier alpha value is -1.08. The molecule has 4 atom stereocenters. The molecule has 0 heterocycles. The Morgan fingerprint density at radius 3 is 2.43 bits per heavy atom. The fourth-order valence-electron chi connectivity index (χ4n) is 3.85.